The highest BCUT2D eigenvalue weighted by Crippen LogP contribution is 2.20. The lowest BCUT2D eigenvalue weighted by Gasteiger charge is -2.32. The second-order valence-corrected chi connectivity index (χ2v) is 6.39. The van der Waals surface area contributed by atoms with E-state index in [1.54, 1.807) is 19.2 Å². The molecule has 0 unspecified atom stereocenters. The minimum atomic E-state index is -0.349. The van der Waals surface area contributed by atoms with Crippen LogP contribution in [0.2, 0.25) is 0 Å². The number of carbonyl (C=O) groups excluding carboxylic acids is 1. The topological polar surface area (TPSA) is 50.8 Å². The largest absolute Gasteiger partial charge is 0.382 e. The van der Waals surface area contributed by atoms with E-state index in [1.807, 2.05) is 4.90 Å². The number of ether oxygens (including phenoxy) is 2. The lowest BCUT2D eigenvalue weighted by atomic mass is 9.96. The molecule has 1 heterocycles. The van der Waals surface area contributed by atoms with Crippen molar-refractivity contribution in [2.75, 3.05) is 46.5 Å². The van der Waals surface area contributed by atoms with Crippen LogP contribution in [-0.4, -0.2) is 57.3 Å². The highest BCUT2D eigenvalue weighted by molar-refractivity contribution is 5.94. The number of amides is 1. The van der Waals surface area contributed by atoms with E-state index in [4.69, 9.17) is 9.47 Å². The highest BCUT2D eigenvalue weighted by Gasteiger charge is 2.23. The molecule has 1 amide bonds. The third-order valence-corrected chi connectivity index (χ3v) is 4.57. The van der Waals surface area contributed by atoms with Crippen LogP contribution in [0.5, 0.6) is 0 Å². The van der Waals surface area contributed by atoms with Gasteiger partial charge in [0.15, 0.2) is 0 Å². The van der Waals surface area contributed by atoms with Gasteiger partial charge in [-0.15, -0.1) is 12.4 Å². The maximum atomic E-state index is 13.9. The molecule has 7 heteroatoms. The van der Waals surface area contributed by atoms with Crippen molar-refractivity contribution in [2.24, 2.45) is 5.92 Å². The molecule has 1 aromatic rings. The number of methoxy groups -OCH3 is 1. The Hall–Kier alpha value is -1.21. The first-order chi connectivity index (χ1) is 12.2. The Morgan fingerprint density at radius 1 is 1.31 bits per heavy atom. The summed E-state index contributed by atoms with van der Waals surface area (Å²) < 4.78 is 24.2. The zero-order chi connectivity index (χ0) is 18.1. The summed E-state index contributed by atoms with van der Waals surface area (Å²) in [6.45, 7) is 6.60. The lowest BCUT2D eigenvalue weighted by Crippen LogP contribution is -2.40. The van der Waals surface area contributed by atoms with Crippen molar-refractivity contribution in [1.29, 1.82) is 0 Å². The van der Waals surface area contributed by atoms with E-state index in [9.17, 15) is 9.18 Å². The molecule has 0 saturated carbocycles. The van der Waals surface area contributed by atoms with Crippen molar-refractivity contribution in [3.63, 3.8) is 0 Å². The molecular weight excluding hydrogens is 359 g/mol. The van der Waals surface area contributed by atoms with Crippen LogP contribution in [0.4, 0.5) is 4.39 Å². The molecule has 148 valence electrons. The van der Waals surface area contributed by atoms with Crippen LogP contribution in [0.3, 0.4) is 0 Å². The molecule has 0 bridgehead atoms. The van der Waals surface area contributed by atoms with Gasteiger partial charge in [-0.1, -0.05) is 6.92 Å². The summed E-state index contributed by atoms with van der Waals surface area (Å²) >= 11 is 0. The SMILES string of the molecule is CCNCC1CCN(C(=O)c2ccc(F)c(COCCOC)c2)CC1.Cl. The summed E-state index contributed by atoms with van der Waals surface area (Å²) in [7, 11) is 1.59. The van der Waals surface area contributed by atoms with Gasteiger partial charge >= 0.3 is 0 Å². The van der Waals surface area contributed by atoms with Gasteiger partial charge in [-0.05, 0) is 50.0 Å². The Morgan fingerprint density at radius 3 is 2.69 bits per heavy atom. The standard InChI is InChI=1S/C19H29FN2O3.ClH/c1-3-21-13-15-6-8-22(9-7-15)19(23)16-4-5-18(20)17(12-16)14-25-11-10-24-2;/h4-5,12,15,21H,3,6-11,13-14H2,1-2H3;1H. The van der Waals surface area contributed by atoms with Crippen molar-refractivity contribution in [2.45, 2.75) is 26.4 Å². The second kappa shape index (κ2) is 12.2. The molecule has 0 spiro atoms. The molecule has 0 atom stereocenters. The smallest absolute Gasteiger partial charge is 0.253 e. The quantitative estimate of drug-likeness (QED) is 0.661. The number of carbonyl (C=O) groups is 1. The van der Waals surface area contributed by atoms with Crippen molar-refractivity contribution < 1.29 is 18.7 Å². The summed E-state index contributed by atoms with van der Waals surface area (Å²) in [5.74, 6) is 0.250. The monoisotopic (exact) mass is 388 g/mol. The van der Waals surface area contributed by atoms with Crippen molar-refractivity contribution in [1.82, 2.24) is 10.2 Å². The van der Waals surface area contributed by atoms with Gasteiger partial charge in [0.05, 0.1) is 19.8 Å². The normalized spacial score (nSPS) is 15.0. The molecule has 0 aliphatic carbocycles. The first-order valence-electron chi connectivity index (χ1n) is 9.00. The van der Waals surface area contributed by atoms with Crippen LogP contribution in [0.1, 0.15) is 35.7 Å². The number of piperidine rings is 1. The van der Waals surface area contributed by atoms with Crippen LogP contribution < -0.4 is 5.32 Å². The van der Waals surface area contributed by atoms with Crippen molar-refractivity contribution >= 4 is 18.3 Å². The van der Waals surface area contributed by atoms with Crippen molar-refractivity contribution in [3.05, 3.63) is 35.1 Å². The number of nitrogens with one attached hydrogen (secondary N) is 1. The predicted molar refractivity (Wildman–Crippen MR) is 102 cm³/mol. The molecule has 1 saturated heterocycles. The fraction of sp³-hybridized carbons (Fsp3) is 0.632. The molecule has 1 aromatic carbocycles. The third kappa shape index (κ3) is 6.83. The third-order valence-electron chi connectivity index (χ3n) is 4.57. The zero-order valence-electron chi connectivity index (χ0n) is 15.6. The first-order valence-corrected chi connectivity index (χ1v) is 9.00. The van der Waals surface area contributed by atoms with Crippen LogP contribution in [0.15, 0.2) is 18.2 Å². The average Bonchev–Trinajstić information content (AvgIpc) is 2.64. The van der Waals surface area contributed by atoms with Crippen LogP contribution in [0, 0.1) is 11.7 Å². The number of halogens is 2. The Balaban J connectivity index is 0.00000338. The van der Waals surface area contributed by atoms with E-state index in [2.05, 4.69) is 12.2 Å². The van der Waals surface area contributed by atoms with Crippen molar-refractivity contribution in [3.8, 4) is 0 Å². The maximum Gasteiger partial charge on any atom is 0.253 e. The Labute approximate surface area is 161 Å². The fourth-order valence-electron chi connectivity index (χ4n) is 3.01. The van der Waals surface area contributed by atoms with Gasteiger partial charge in [0, 0.05) is 31.3 Å². The number of likely N-dealkylation sites (tertiary alicyclic amines) is 1. The summed E-state index contributed by atoms with van der Waals surface area (Å²) in [6.07, 6.45) is 2.01. The Bertz CT molecular complexity index is 552. The number of benzene rings is 1. The number of rotatable bonds is 9. The Morgan fingerprint density at radius 2 is 2.04 bits per heavy atom. The van der Waals surface area contributed by atoms with Gasteiger partial charge in [-0.2, -0.15) is 0 Å². The van der Waals surface area contributed by atoms with Gasteiger partial charge in [0.1, 0.15) is 5.82 Å². The lowest BCUT2D eigenvalue weighted by molar-refractivity contribution is 0.0602. The van der Waals surface area contributed by atoms with Crippen LogP contribution >= 0.6 is 12.4 Å². The van der Waals surface area contributed by atoms with Crippen LogP contribution in [0.25, 0.3) is 0 Å². The summed E-state index contributed by atoms with van der Waals surface area (Å²) in [6, 6.07) is 4.51. The highest BCUT2D eigenvalue weighted by atomic mass is 35.5. The fourth-order valence-corrected chi connectivity index (χ4v) is 3.01. The molecule has 1 aliphatic heterocycles. The molecule has 26 heavy (non-hydrogen) atoms. The maximum absolute atomic E-state index is 13.9. The summed E-state index contributed by atoms with van der Waals surface area (Å²) in [5.41, 5.74) is 0.931. The van der Waals surface area contributed by atoms with Gasteiger partial charge < -0.3 is 19.7 Å². The zero-order valence-corrected chi connectivity index (χ0v) is 16.4. The van der Waals surface area contributed by atoms with Gasteiger partial charge in [0.25, 0.3) is 5.91 Å². The van der Waals surface area contributed by atoms with E-state index in [1.165, 1.54) is 6.07 Å². The number of hydrogen-bond acceptors (Lipinski definition) is 4. The molecule has 1 aliphatic rings. The number of hydrogen-bond donors (Lipinski definition) is 1. The van der Waals surface area contributed by atoms with E-state index in [-0.39, 0.29) is 30.7 Å². The van der Waals surface area contributed by atoms with E-state index < -0.39 is 0 Å². The summed E-state index contributed by atoms with van der Waals surface area (Å²) in [4.78, 5) is 14.6. The first kappa shape index (κ1) is 22.8. The minimum absolute atomic E-state index is 0. The second-order valence-electron chi connectivity index (χ2n) is 6.39. The van der Waals surface area contributed by atoms with E-state index >= 15 is 0 Å². The van der Waals surface area contributed by atoms with Gasteiger partial charge in [-0.3, -0.25) is 4.79 Å². The average molecular weight is 389 g/mol. The van der Waals surface area contributed by atoms with Crippen LogP contribution in [-0.2, 0) is 16.1 Å². The molecule has 1 N–H and O–H groups in total. The molecule has 0 aromatic heterocycles. The Kier molecular flexibility index (Phi) is 10.7. The van der Waals surface area contributed by atoms with E-state index in [0.29, 0.717) is 30.3 Å². The molecule has 1 fully saturated rings. The molecule has 2 rings (SSSR count). The molecule has 0 radical (unpaired) electrons. The number of nitrogens with zero attached hydrogens (tertiary/aromatic N) is 1. The molecular formula is C19H30ClFN2O3. The van der Waals surface area contributed by atoms with E-state index in [0.717, 1.165) is 39.0 Å². The summed E-state index contributed by atoms with van der Waals surface area (Å²) in [5, 5.41) is 3.37. The predicted octanol–water partition coefficient (Wildman–Crippen LogP) is 2.87. The minimum Gasteiger partial charge on any atom is -0.382 e. The van der Waals surface area contributed by atoms with Gasteiger partial charge in [-0.25, -0.2) is 4.39 Å². The van der Waals surface area contributed by atoms with Gasteiger partial charge in [0.2, 0.25) is 0 Å². The molecule has 5 nitrogen and oxygen atoms in total.